The van der Waals surface area contributed by atoms with E-state index < -0.39 is 15.7 Å². The second-order valence-electron chi connectivity index (χ2n) is 2.73. The van der Waals surface area contributed by atoms with Crippen LogP contribution in [0.3, 0.4) is 0 Å². The number of rotatable bonds is 3. The lowest BCUT2D eigenvalue weighted by molar-refractivity contribution is -0.646. The molecule has 0 spiro atoms. The van der Waals surface area contributed by atoms with Crippen LogP contribution in [-0.2, 0) is 10.8 Å². The second-order valence-corrected chi connectivity index (χ2v) is 5.34. The summed E-state index contributed by atoms with van der Waals surface area (Å²) in [5, 5.41) is 21.4. The van der Waals surface area contributed by atoms with Crippen molar-refractivity contribution in [3.8, 4) is 0 Å². The first-order chi connectivity index (χ1) is 8.09. The molecule has 0 fully saturated rings. The Kier molecular flexibility index (Phi) is 3.06. The van der Waals surface area contributed by atoms with E-state index in [1.54, 1.807) is 0 Å². The van der Waals surface area contributed by atoms with Gasteiger partial charge in [-0.25, -0.2) is 9.19 Å². The van der Waals surface area contributed by atoms with E-state index in [-0.39, 0.29) is 14.4 Å². The van der Waals surface area contributed by atoms with Gasteiger partial charge in [0.05, 0.1) is 11.1 Å². The van der Waals surface area contributed by atoms with Crippen LogP contribution in [0.2, 0.25) is 0 Å². The molecule has 1 unspecified atom stereocenters. The summed E-state index contributed by atoms with van der Waals surface area (Å²) in [5.74, 6) is 0. The lowest BCUT2D eigenvalue weighted by Gasteiger charge is -1.99. The molecule has 0 amide bonds. The summed E-state index contributed by atoms with van der Waals surface area (Å²) in [7, 11) is -1.86. The topological polar surface area (TPSA) is 113 Å². The molecule has 0 aromatic carbocycles. The quantitative estimate of drug-likeness (QED) is 0.342. The molecular weight excluding hydrogens is 268 g/mol. The van der Waals surface area contributed by atoms with Crippen LogP contribution in [0, 0.1) is 15.3 Å². The van der Waals surface area contributed by atoms with E-state index >= 15 is 0 Å². The fourth-order valence-corrected chi connectivity index (χ4v) is 2.96. The van der Waals surface area contributed by atoms with Gasteiger partial charge in [0.1, 0.15) is 12.4 Å². The van der Waals surface area contributed by atoms with Crippen molar-refractivity contribution in [2.24, 2.45) is 0 Å². The van der Waals surface area contributed by atoms with Crippen molar-refractivity contribution in [2.75, 3.05) is 0 Å². The minimum absolute atomic E-state index is 0.00528. The van der Waals surface area contributed by atoms with Gasteiger partial charge in [-0.2, -0.15) is 4.73 Å². The minimum atomic E-state index is -1.86. The van der Waals surface area contributed by atoms with E-state index in [0.29, 0.717) is 16.1 Å². The average molecular weight is 272 g/mol. The maximum atomic E-state index is 11.9. The Hall–Kier alpha value is -1.94. The molecule has 0 saturated carbocycles. The smallest absolute Gasteiger partial charge is 0.344 e. The first-order valence-electron chi connectivity index (χ1n) is 4.15. The molecule has 2 aromatic rings. The fraction of sp³-hybridized carbons (Fsp3) is 0. The van der Waals surface area contributed by atoms with Gasteiger partial charge >= 0.3 is 10.0 Å². The first-order valence-corrected chi connectivity index (χ1v) is 6.11. The standard InChI is InChI=1S/C7H4N4O4S2/c12-10-2-1-8-4-6(10)17(15)7-9-3-5(16-7)11(13)14/h1-4H. The molecule has 88 valence electrons. The zero-order valence-corrected chi connectivity index (χ0v) is 9.68. The minimum Gasteiger partial charge on any atom is -0.618 e. The molecule has 2 heterocycles. The van der Waals surface area contributed by atoms with E-state index in [9.17, 15) is 19.5 Å². The van der Waals surface area contributed by atoms with Crippen molar-refractivity contribution in [2.45, 2.75) is 9.37 Å². The number of aromatic nitrogens is 3. The van der Waals surface area contributed by atoms with Crippen molar-refractivity contribution in [3.63, 3.8) is 0 Å². The summed E-state index contributed by atoms with van der Waals surface area (Å²) in [6.45, 7) is 0. The van der Waals surface area contributed by atoms with Gasteiger partial charge in [0.15, 0.2) is 21.3 Å². The molecule has 0 radical (unpaired) electrons. The molecule has 0 aliphatic rings. The van der Waals surface area contributed by atoms with Crippen LogP contribution in [0.25, 0.3) is 0 Å². The maximum Gasteiger partial charge on any atom is 0.344 e. The van der Waals surface area contributed by atoms with Crippen molar-refractivity contribution >= 4 is 27.1 Å². The van der Waals surface area contributed by atoms with Crippen LogP contribution < -0.4 is 4.73 Å². The molecule has 2 rings (SSSR count). The third-order valence-electron chi connectivity index (χ3n) is 1.69. The van der Waals surface area contributed by atoms with Gasteiger partial charge in [-0.15, -0.1) is 0 Å². The Morgan fingerprint density at radius 3 is 2.82 bits per heavy atom. The van der Waals surface area contributed by atoms with Crippen LogP contribution >= 0.6 is 11.3 Å². The van der Waals surface area contributed by atoms with Crippen LogP contribution in [0.1, 0.15) is 0 Å². The second kappa shape index (κ2) is 4.51. The maximum absolute atomic E-state index is 11.9. The highest BCUT2D eigenvalue weighted by atomic mass is 32.2. The van der Waals surface area contributed by atoms with Crippen molar-refractivity contribution in [3.05, 3.63) is 40.1 Å². The van der Waals surface area contributed by atoms with Crippen molar-refractivity contribution in [1.29, 1.82) is 0 Å². The Labute approximate surface area is 101 Å². The van der Waals surface area contributed by atoms with Crippen molar-refractivity contribution in [1.82, 2.24) is 9.97 Å². The third kappa shape index (κ3) is 2.26. The summed E-state index contributed by atoms with van der Waals surface area (Å²) in [5.41, 5.74) is 0. The van der Waals surface area contributed by atoms with E-state index in [2.05, 4.69) is 9.97 Å². The van der Waals surface area contributed by atoms with E-state index in [1.165, 1.54) is 6.20 Å². The van der Waals surface area contributed by atoms with Crippen LogP contribution in [0.15, 0.2) is 34.2 Å². The number of nitro groups is 1. The lowest BCUT2D eigenvalue weighted by atomic mass is 10.8. The van der Waals surface area contributed by atoms with Gasteiger partial charge in [-0.3, -0.25) is 15.1 Å². The molecule has 0 bridgehead atoms. The molecule has 0 aliphatic heterocycles. The molecule has 2 aromatic heterocycles. The predicted molar refractivity (Wildman–Crippen MR) is 56.6 cm³/mol. The van der Waals surface area contributed by atoms with E-state index in [4.69, 9.17) is 0 Å². The highest BCUT2D eigenvalue weighted by Gasteiger charge is 2.22. The highest BCUT2D eigenvalue weighted by Crippen LogP contribution is 2.25. The van der Waals surface area contributed by atoms with Crippen LogP contribution in [0.4, 0.5) is 5.00 Å². The monoisotopic (exact) mass is 272 g/mol. The zero-order chi connectivity index (χ0) is 12.4. The van der Waals surface area contributed by atoms with Crippen LogP contribution in [-0.4, -0.2) is 19.1 Å². The summed E-state index contributed by atoms with van der Waals surface area (Å²) in [4.78, 5) is 17.1. The van der Waals surface area contributed by atoms with Gasteiger partial charge in [0, 0.05) is 0 Å². The Balaban J connectivity index is 2.37. The van der Waals surface area contributed by atoms with Gasteiger partial charge in [-0.1, -0.05) is 0 Å². The molecule has 0 aliphatic carbocycles. The Morgan fingerprint density at radius 1 is 1.47 bits per heavy atom. The summed E-state index contributed by atoms with van der Waals surface area (Å²) in [6, 6.07) is 0. The summed E-state index contributed by atoms with van der Waals surface area (Å²) >= 11 is 0.662. The zero-order valence-electron chi connectivity index (χ0n) is 8.05. The SMILES string of the molecule is O=[N+]([O-])c1cnc(S(=O)c2cncc[n+]2[O-])s1. The third-order valence-corrected chi connectivity index (χ3v) is 4.23. The average Bonchev–Trinajstić information content (AvgIpc) is 2.78. The Bertz CT molecular complexity index is 599. The number of hydrogen-bond donors (Lipinski definition) is 0. The fourth-order valence-electron chi connectivity index (χ4n) is 0.975. The first kappa shape index (κ1) is 11.5. The number of thiazole rings is 1. The molecule has 0 N–H and O–H groups in total. The van der Waals surface area contributed by atoms with Gasteiger partial charge in [0.2, 0.25) is 0 Å². The summed E-state index contributed by atoms with van der Waals surface area (Å²) in [6.07, 6.45) is 4.48. The van der Waals surface area contributed by atoms with Crippen LogP contribution in [0.5, 0.6) is 0 Å². The van der Waals surface area contributed by atoms with Crippen molar-refractivity contribution < 1.29 is 13.9 Å². The van der Waals surface area contributed by atoms with Gasteiger partial charge in [0.25, 0.3) is 0 Å². The van der Waals surface area contributed by atoms with Gasteiger partial charge < -0.3 is 5.21 Å². The molecular formula is C7H4N4O4S2. The largest absolute Gasteiger partial charge is 0.618 e. The molecule has 1 atom stereocenters. The Morgan fingerprint density at radius 2 is 2.24 bits per heavy atom. The predicted octanol–water partition coefficient (Wildman–Crippen LogP) is 0.246. The molecule has 17 heavy (non-hydrogen) atoms. The van der Waals surface area contributed by atoms with E-state index in [0.717, 1.165) is 18.6 Å². The summed E-state index contributed by atoms with van der Waals surface area (Å²) < 4.78 is 12.3. The molecule has 10 heteroatoms. The molecule has 0 saturated heterocycles. The number of nitrogens with zero attached hydrogens (tertiary/aromatic N) is 4. The van der Waals surface area contributed by atoms with E-state index in [1.807, 2.05) is 0 Å². The van der Waals surface area contributed by atoms with Gasteiger partial charge in [-0.05, 0) is 11.3 Å². The normalized spacial score (nSPS) is 12.2. The lowest BCUT2D eigenvalue weighted by Crippen LogP contribution is -2.31. The number of hydrogen-bond acceptors (Lipinski definition) is 7. The molecule has 8 nitrogen and oxygen atoms in total. The highest BCUT2D eigenvalue weighted by molar-refractivity contribution is 7.87.